The van der Waals surface area contributed by atoms with Gasteiger partial charge in [0, 0.05) is 16.5 Å². The largest absolute Gasteiger partial charge is 0.303 e. The molecule has 0 bridgehead atoms. The molecule has 0 unspecified atom stereocenters. The van der Waals surface area contributed by atoms with Gasteiger partial charge in [-0.2, -0.15) is 4.39 Å². The van der Waals surface area contributed by atoms with Crippen molar-refractivity contribution >= 4 is 22.2 Å². The van der Waals surface area contributed by atoms with Gasteiger partial charge >= 0.3 is 0 Å². The first-order valence-electron chi connectivity index (χ1n) is 3.40. The molecule has 0 saturated carbocycles. The van der Waals surface area contributed by atoms with E-state index in [-0.39, 0.29) is 6.42 Å². The SMILES string of the molecule is Cc1nc(F)c(CC=O)cc1Br. The molecule has 1 heterocycles. The van der Waals surface area contributed by atoms with Crippen LogP contribution in [0.5, 0.6) is 0 Å². The first-order valence-corrected chi connectivity index (χ1v) is 4.19. The fraction of sp³-hybridized carbons (Fsp3) is 0.250. The second kappa shape index (κ2) is 3.76. The second-order valence-corrected chi connectivity index (χ2v) is 3.23. The number of hydrogen-bond donors (Lipinski definition) is 0. The van der Waals surface area contributed by atoms with Crippen LogP contribution < -0.4 is 0 Å². The van der Waals surface area contributed by atoms with E-state index in [0.29, 0.717) is 17.5 Å². The average molecular weight is 232 g/mol. The molecule has 0 aliphatic rings. The fourth-order valence-electron chi connectivity index (χ4n) is 0.822. The van der Waals surface area contributed by atoms with Crippen LogP contribution in [0.4, 0.5) is 4.39 Å². The van der Waals surface area contributed by atoms with Gasteiger partial charge in [0.2, 0.25) is 5.95 Å². The third kappa shape index (κ3) is 1.88. The van der Waals surface area contributed by atoms with E-state index in [4.69, 9.17) is 0 Å². The molecule has 0 atom stereocenters. The number of carbonyl (C=O) groups is 1. The number of nitrogens with zero attached hydrogens (tertiary/aromatic N) is 1. The zero-order valence-corrected chi connectivity index (χ0v) is 8.06. The summed E-state index contributed by atoms with van der Waals surface area (Å²) in [6, 6.07) is 1.58. The lowest BCUT2D eigenvalue weighted by atomic mass is 10.2. The van der Waals surface area contributed by atoms with Gasteiger partial charge in [-0.25, -0.2) is 4.98 Å². The van der Waals surface area contributed by atoms with Crippen LogP contribution in [0.2, 0.25) is 0 Å². The standard InChI is InChI=1S/C8H7BrFNO/c1-5-7(9)4-6(2-3-12)8(10)11-5/h3-4H,2H2,1H3. The van der Waals surface area contributed by atoms with E-state index >= 15 is 0 Å². The average Bonchev–Trinajstić information content (AvgIpc) is 2.01. The minimum atomic E-state index is -0.567. The van der Waals surface area contributed by atoms with Crippen LogP contribution in [0.25, 0.3) is 0 Å². The molecule has 0 aliphatic heterocycles. The molecule has 0 N–H and O–H groups in total. The summed E-state index contributed by atoms with van der Waals surface area (Å²) in [4.78, 5) is 13.7. The van der Waals surface area contributed by atoms with E-state index in [1.54, 1.807) is 13.0 Å². The molecule has 0 saturated heterocycles. The Labute approximate surface area is 77.9 Å². The molecule has 0 aliphatic carbocycles. The summed E-state index contributed by atoms with van der Waals surface area (Å²) in [5, 5.41) is 0. The quantitative estimate of drug-likeness (QED) is 0.576. The van der Waals surface area contributed by atoms with Gasteiger partial charge in [-0.3, -0.25) is 0 Å². The number of rotatable bonds is 2. The summed E-state index contributed by atoms with van der Waals surface area (Å²) in [5.41, 5.74) is 0.907. The lowest BCUT2D eigenvalue weighted by Gasteiger charge is -2.01. The van der Waals surface area contributed by atoms with Gasteiger partial charge in [0.1, 0.15) is 6.29 Å². The van der Waals surface area contributed by atoms with E-state index in [2.05, 4.69) is 20.9 Å². The first kappa shape index (κ1) is 9.32. The Morgan fingerprint density at radius 3 is 3.00 bits per heavy atom. The fourth-order valence-corrected chi connectivity index (χ4v) is 1.19. The Hall–Kier alpha value is -0.770. The van der Waals surface area contributed by atoms with Crippen molar-refractivity contribution in [2.75, 3.05) is 0 Å². The van der Waals surface area contributed by atoms with E-state index in [0.717, 1.165) is 4.47 Å². The first-order chi connectivity index (χ1) is 5.65. The minimum Gasteiger partial charge on any atom is -0.303 e. The number of hydrogen-bond acceptors (Lipinski definition) is 2. The molecule has 0 spiro atoms. The van der Waals surface area contributed by atoms with E-state index in [9.17, 15) is 9.18 Å². The van der Waals surface area contributed by atoms with Crippen LogP contribution in [0.15, 0.2) is 10.5 Å². The van der Waals surface area contributed by atoms with Crippen molar-refractivity contribution in [3.05, 3.63) is 27.7 Å². The number of halogens is 2. The number of aromatic nitrogens is 1. The Morgan fingerprint density at radius 2 is 2.42 bits per heavy atom. The van der Waals surface area contributed by atoms with Crippen molar-refractivity contribution in [1.82, 2.24) is 4.98 Å². The highest BCUT2D eigenvalue weighted by Crippen LogP contribution is 2.17. The highest BCUT2D eigenvalue weighted by atomic mass is 79.9. The smallest absolute Gasteiger partial charge is 0.216 e. The lowest BCUT2D eigenvalue weighted by molar-refractivity contribution is -0.107. The summed E-state index contributed by atoms with van der Waals surface area (Å²) < 4.78 is 13.6. The number of aryl methyl sites for hydroxylation is 1. The third-order valence-corrected chi connectivity index (χ3v) is 2.28. The third-order valence-electron chi connectivity index (χ3n) is 1.48. The van der Waals surface area contributed by atoms with Gasteiger partial charge in [-0.15, -0.1) is 0 Å². The van der Waals surface area contributed by atoms with Gasteiger partial charge in [0.15, 0.2) is 0 Å². The Balaban J connectivity index is 3.13. The van der Waals surface area contributed by atoms with Gasteiger partial charge in [0.05, 0.1) is 5.69 Å². The summed E-state index contributed by atoms with van der Waals surface area (Å²) >= 11 is 3.21. The van der Waals surface area contributed by atoms with Crippen molar-refractivity contribution in [3.63, 3.8) is 0 Å². The Bertz CT molecular complexity index is 314. The molecular weight excluding hydrogens is 225 g/mol. The molecule has 4 heteroatoms. The molecule has 0 aromatic carbocycles. The summed E-state index contributed by atoms with van der Waals surface area (Å²) in [7, 11) is 0. The normalized spacial score (nSPS) is 9.92. The van der Waals surface area contributed by atoms with Gasteiger partial charge in [-0.1, -0.05) is 0 Å². The summed E-state index contributed by atoms with van der Waals surface area (Å²) in [6.07, 6.45) is 0.722. The van der Waals surface area contributed by atoms with Crippen molar-refractivity contribution in [2.24, 2.45) is 0 Å². The number of aldehydes is 1. The predicted molar refractivity (Wildman–Crippen MR) is 46.4 cm³/mol. The maximum absolute atomic E-state index is 12.9. The van der Waals surface area contributed by atoms with Gasteiger partial charge in [-0.05, 0) is 28.9 Å². The highest BCUT2D eigenvalue weighted by molar-refractivity contribution is 9.10. The predicted octanol–water partition coefficient (Wildman–Crippen LogP) is 2.03. The van der Waals surface area contributed by atoms with E-state index in [1.165, 1.54) is 0 Å². The Morgan fingerprint density at radius 1 is 1.75 bits per heavy atom. The van der Waals surface area contributed by atoms with Crippen LogP contribution >= 0.6 is 15.9 Å². The lowest BCUT2D eigenvalue weighted by Crippen LogP contribution is -1.97. The molecule has 1 rings (SSSR count). The molecular formula is C8H7BrFNO. The van der Waals surface area contributed by atoms with Gasteiger partial charge in [0.25, 0.3) is 0 Å². The van der Waals surface area contributed by atoms with E-state index in [1.807, 2.05) is 0 Å². The van der Waals surface area contributed by atoms with Crippen molar-refractivity contribution in [3.8, 4) is 0 Å². The topological polar surface area (TPSA) is 30.0 Å². The summed E-state index contributed by atoms with van der Waals surface area (Å²) in [5.74, 6) is -0.567. The molecule has 1 aromatic heterocycles. The van der Waals surface area contributed by atoms with Crippen LogP contribution in [0.3, 0.4) is 0 Å². The Kier molecular flexibility index (Phi) is 2.92. The molecule has 0 radical (unpaired) electrons. The number of carbonyl (C=O) groups excluding carboxylic acids is 1. The molecule has 0 fully saturated rings. The number of pyridine rings is 1. The van der Waals surface area contributed by atoms with Crippen molar-refractivity contribution in [2.45, 2.75) is 13.3 Å². The second-order valence-electron chi connectivity index (χ2n) is 2.38. The maximum atomic E-state index is 12.9. The van der Waals surface area contributed by atoms with Crippen molar-refractivity contribution in [1.29, 1.82) is 0 Å². The monoisotopic (exact) mass is 231 g/mol. The zero-order valence-electron chi connectivity index (χ0n) is 6.47. The molecule has 0 amide bonds. The van der Waals surface area contributed by atoms with Crippen LogP contribution in [0.1, 0.15) is 11.3 Å². The molecule has 2 nitrogen and oxygen atoms in total. The maximum Gasteiger partial charge on any atom is 0.216 e. The molecule has 1 aromatic rings. The van der Waals surface area contributed by atoms with Crippen LogP contribution in [0, 0.1) is 12.9 Å². The highest BCUT2D eigenvalue weighted by Gasteiger charge is 2.06. The molecule has 64 valence electrons. The van der Waals surface area contributed by atoms with Crippen LogP contribution in [-0.4, -0.2) is 11.3 Å². The van der Waals surface area contributed by atoms with Crippen LogP contribution in [-0.2, 0) is 11.2 Å². The molecule has 12 heavy (non-hydrogen) atoms. The van der Waals surface area contributed by atoms with Crippen molar-refractivity contribution < 1.29 is 9.18 Å². The zero-order chi connectivity index (χ0) is 9.14. The van der Waals surface area contributed by atoms with E-state index < -0.39 is 5.95 Å². The van der Waals surface area contributed by atoms with Gasteiger partial charge < -0.3 is 4.79 Å². The summed E-state index contributed by atoms with van der Waals surface area (Å²) in [6.45, 7) is 1.69. The minimum absolute atomic E-state index is 0.0672.